The zero-order chi connectivity index (χ0) is 24.2. The maximum atomic E-state index is 12.5. The summed E-state index contributed by atoms with van der Waals surface area (Å²) in [5, 5.41) is 13.5. The number of hydrogen-bond donors (Lipinski definition) is 3. The van der Waals surface area contributed by atoms with Crippen LogP contribution in [0.5, 0.6) is 0 Å². The monoisotopic (exact) mass is 459 g/mol. The molecule has 0 bridgehead atoms. The molecule has 0 radical (unpaired) electrons. The highest BCUT2D eigenvalue weighted by molar-refractivity contribution is 5.99. The fourth-order valence-electron chi connectivity index (χ4n) is 3.67. The average Bonchev–Trinajstić information content (AvgIpc) is 3.21. The minimum Gasteiger partial charge on any atom is -0.363 e. The third-order valence-electron chi connectivity index (χ3n) is 5.34. The van der Waals surface area contributed by atoms with Gasteiger partial charge < -0.3 is 20.9 Å². The molecule has 3 heterocycles. The number of carbonyl (C=O) groups excluding carboxylic acids is 1. The Hall–Kier alpha value is -4.21. The van der Waals surface area contributed by atoms with Gasteiger partial charge in [0, 0.05) is 26.3 Å². The van der Waals surface area contributed by atoms with Crippen LogP contribution < -0.4 is 20.9 Å². The minimum atomic E-state index is -0.334. The van der Waals surface area contributed by atoms with Gasteiger partial charge in [0.15, 0.2) is 0 Å². The molecule has 0 fully saturated rings. The number of amides is 2. The Labute approximate surface area is 198 Å². The molecule has 4 aromatic rings. The second kappa shape index (κ2) is 9.74. The van der Waals surface area contributed by atoms with Crippen molar-refractivity contribution in [1.82, 2.24) is 24.7 Å². The van der Waals surface area contributed by atoms with Gasteiger partial charge in [0.25, 0.3) is 0 Å². The summed E-state index contributed by atoms with van der Waals surface area (Å²) in [6.07, 6.45) is 5.23. The first kappa shape index (κ1) is 23.0. The Morgan fingerprint density at radius 2 is 1.91 bits per heavy atom. The molecule has 0 spiro atoms. The van der Waals surface area contributed by atoms with E-state index in [1.54, 1.807) is 12.4 Å². The minimum absolute atomic E-state index is 0.0600. The molecule has 0 saturated carbocycles. The van der Waals surface area contributed by atoms with Gasteiger partial charge in [-0.25, -0.2) is 19.7 Å². The van der Waals surface area contributed by atoms with Crippen molar-refractivity contribution in [1.29, 1.82) is 0 Å². The first-order chi connectivity index (χ1) is 16.3. The molecule has 176 valence electrons. The predicted octanol–water partition coefficient (Wildman–Crippen LogP) is 4.43. The Bertz CT molecular complexity index is 1320. The molecule has 3 N–H and O–H groups in total. The van der Waals surface area contributed by atoms with Crippen molar-refractivity contribution in [3.8, 4) is 0 Å². The number of fused-ring (bicyclic) bond motifs is 1. The van der Waals surface area contributed by atoms with Crippen LogP contribution in [0, 0.1) is 6.92 Å². The molecule has 1 aromatic carbocycles. The number of carbonyl (C=O) groups is 1. The van der Waals surface area contributed by atoms with E-state index in [1.165, 1.54) is 0 Å². The van der Waals surface area contributed by atoms with Crippen LogP contribution in [0.25, 0.3) is 11.2 Å². The quantitative estimate of drug-likeness (QED) is 0.375. The Morgan fingerprint density at radius 1 is 1.12 bits per heavy atom. The molecule has 2 amide bonds. The number of benzene rings is 1. The molecule has 10 heteroatoms. The number of rotatable bonds is 7. The lowest BCUT2D eigenvalue weighted by molar-refractivity contribution is 0.262. The van der Waals surface area contributed by atoms with Gasteiger partial charge in [0.05, 0.1) is 30.3 Å². The number of urea groups is 1. The lowest BCUT2D eigenvalue weighted by atomic mass is 10.1. The molecule has 0 saturated heterocycles. The van der Waals surface area contributed by atoms with E-state index >= 15 is 0 Å². The number of hydrogen-bond acceptors (Lipinski definition) is 7. The summed E-state index contributed by atoms with van der Waals surface area (Å²) >= 11 is 0. The van der Waals surface area contributed by atoms with Gasteiger partial charge in [-0.2, -0.15) is 5.10 Å². The highest BCUT2D eigenvalue weighted by atomic mass is 16.2. The lowest BCUT2D eigenvalue weighted by Gasteiger charge is -2.17. The fourth-order valence-corrected chi connectivity index (χ4v) is 3.67. The normalized spacial score (nSPS) is 11.8. The summed E-state index contributed by atoms with van der Waals surface area (Å²) in [7, 11) is 3.87. The molecule has 0 unspecified atom stereocenters. The Morgan fingerprint density at radius 3 is 2.65 bits per heavy atom. The largest absolute Gasteiger partial charge is 0.363 e. The first-order valence-corrected chi connectivity index (χ1v) is 11.1. The van der Waals surface area contributed by atoms with Gasteiger partial charge in [-0.3, -0.25) is 4.68 Å². The van der Waals surface area contributed by atoms with E-state index in [1.807, 2.05) is 81.0 Å². The van der Waals surface area contributed by atoms with Crippen molar-refractivity contribution < 1.29 is 4.79 Å². The maximum absolute atomic E-state index is 12.5. The highest BCUT2D eigenvalue weighted by Gasteiger charge is 2.11. The molecule has 34 heavy (non-hydrogen) atoms. The SMILES string of the molecule is CCn1cc2ncc(N[C@@H](C)c3cccc(NC(=O)Nc4cnc(N(C)C)c(C)c4)c3)nc2n1. The summed E-state index contributed by atoms with van der Waals surface area (Å²) in [6.45, 7) is 6.77. The number of nitrogens with zero attached hydrogens (tertiary/aromatic N) is 6. The van der Waals surface area contributed by atoms with Crippen LogP contribution in [0.2, 0.25) is 0 Å². The van der Waals surface area contributed by atoms with Gasteiger partial charge >= 0.3 is 6.03 Å². The van der Waals surface area contributed by atoms with E-state index < -0.39 is 0 Å². The first-order valence-electron chi connectivity index (χ1n) is 11.1. The van der Waals surface area contributed by atoms with E-state index in [2.05, 4.69) is 36.0 Å². The van der Waals surface area contributed by atoms with Crippen LogP contribution in [-0.4, -0.2) is 44.9 Å². The van der Waals surface area contributed by atoms with Gasteiger partial charge in [0.2, 0.25) is 5.65 Å². The standard InChI is InChI=1S/C24H29N9O/c1-6-33-14-20-22(31-33)30-21(13-25-20)27-16(3)17-8-7-9-18(11-17)28-24(34)29-19-10-15(2)23(26-12-19)32(4)5/h7-14,16H,6H2,1-5H3,(H,27,30,31)(H2,28,29,34)/t16-/m0/s1. The van der Waals surface area contributed by atoms with E-state index in [9.17, 15) is 4.79 Å². The van der Waals surface area contributed by atoms with Crippen LogP contribution in [0.1, 0.15) is 31.0 Å². The van der Waals surface area contributed by atoms with Crippen LogP contribution in [0.4, 0.5) is 27.8 Å². The third kappa shape index (κ3) is 5.22. The highest BCUT2D eigenvalue weighted by Crippen LogP contribution is 2.22. The maximum Gasteiger partial charge on any atom is 0.323 e. The molecule has 3 aromatic heterocycles. The summed E-state index contributed by atoms with van der Waals surface area (Å²) in [5.74, 6) is 1.50. The summed E-state index contributed by atoms with van der Waals surface area (Å²) < 4.78 is 1.81. The number of aromatic nitrogens is 5. The van der Waals surface area contributed by atoms with Crippen LogP contribution in [-0.2, 0) is 6.54 Å². The smallest absolute Gasteiger partial charge is 0.323 e. The third-order valence-corrected chi connectivity index (χ3v) is 5.34. The number of aryl methyl sites for hydroxylation is 2. The zero-order valence-corrected chi connectivity index (χ0v) is 20.0. The molecule has 10 nitrogen and oxygen atoms in total. The number of anilines is 4. The van der Waals surface area contributed by atoms with Crippen molar-refractivity contribution in [2.75, 3.05) is 34.9 Å². The predicted molar refractivity (Wildman–Crippen MR) is 135 cm³/mol. The van der Waals surface area contributed by atoms with E-state index in [4.69, 9.17) is 0 Å². The zero-order valence-electron chi connectivity index (χ0n) is 20.0. The molecule has 0 aliphatic rings. The van der Waals surface area contributed by atoms with Crippen molar-refractivity contribution in [3.05, 3.63) is 60.0 Å². The van der Waals surface area contributed by atoms with Crippen molar-refractivity contribution >= 4 is 40.2 Å². The van der Waals surface area contributed by atoms with Gasteiger partial charge in [0.1, 0.15) is 17.2 Å². The second-order valence-corrected chi connectivity index (χ2v) is 8.28. The van der Waals surface area contributed by atoms with Crippen molar-refractivity contribution in [2.24, 2.45) is 0 Å². The molecule has 1 atom stereocenters. The van der Waals surface area contributed by atoms with E-state index in [0.29, 0.717) is 22.8 Å². The fraction of sp³-hybridized carbons (Fsp3) is 0.292. The van der Waals surface area contributed by atoms with Crippen LogP contribution in [0.3, 0.4) is 0 Å². The van der Waals surface area contributed by atoms with Crippen LogP contribution >= 0.6 is 0 Å². The van der Waals surface area contributed by atoms with Crippen molar-refractivity contribution in [3.63, 3.8) is 0 Å². The van der Waals surface area contributed by atoms with Gasteiger partial charge in [-0.1, -0.05) is 12.1 Å². The lowest BCUT2D eigenvalue weighted by Crippen LogP contribution is -2.20. The Kier molecular flexibility index (Phi) is 6.58. The summed E-state index contributed by atoms with van der Waals surface area (Å²) in [4.78, 5) is 27.9. The molecule has 0 aliphatic carbocycles. The molecule has 0 aliphatic heterocycles. The van der Waals surface area contributed by atoms with E-state index in [-0.39, 0.29) is 12.1 Å². The van der Waals surface area contributed by atoms with Crippen molar-refractivity contribution in [2.45, 2.75) is 33.4 Å². The van der Waals surface area contributed by atoms with Gasteiger partial charge in [-0.05, 0) is 50.1 Å². The summed E-state index contributed by atoms with van der Waals surface area (Å²) in [5.41, 5.74) is 4.65. The molecule has 4 rings (SSSR count). The Balaban J connectivity index is 1.41. The average molecular weight is 460 g/mol. The van der Waals surface area contributed by atoms with Crippen LogP contribution in [0.15, 0.2) is 48.9 Å². The number of nitrogens with one attached hydrogen (secondary N) is 3. The second-order valence-electron chi connectivity index (χ2n) is 8.28. The molecular weight excluding hydrogens is 430 g/mol. The number of pyridine rings is 1. The molecular formula is C24H29N9O. The van der Waals surface area contributed by atoms with Gasteiger partial charge in [-0.15, -0.1) is 0 Å². The topological polar surface area (TPSA) is 113 Å². The van der Waals surface area contributed by atoms with E-state index in [0.717, 1.165) is 29.0 Å². The summed E-state index contributed by atoms with van der Waals surface area (Å²) in [6, 6.07) is 9.16.